The number of pyridine rings is 1. The molecule has 6 nitrogen and oxygen atoms in total. The zero-order valence-corrected chi connectivity index (χ0v) is 16.2. The van der Waals surface area contributed by atoms with Crippen molar-refractivity contribution in [2.45, 2.75) is 25.8 Å². The topological polar surface area (TPSA) is 54.5 Å². The molecule has 0 N–H and O–H groups in total. The van der Waals surface area contributed by atoms with Crippen LogP contribution in [0.1, 0.15) is 36.5 Å². The first-order valence-electron chi connectivity index (χ1n) is 9.84. The molecule has 28 heavy (non-hydrogen) atoms. The van der Waals surface area contributed by atoms with Gasteiger partial charge in [-0.1, -0.05) is 13.8 Å². The van der Waals surface area contributed by atoms with Gasteiger partial charge in [-0.05, 0) is 48.7 Å². The number of fused-ring (bicyclic) bond motifs is 4. The van der Waals surface area contributed by atoms with Crippen molar-refractivity contribution in [2.24, 2.45) is 5.92 Å². The molecule has 0 bridgehead atoms. The Morgan fingerprint density at radius 1 is 1.25 bits per heavy atom. The van der Waals surface area contributed by atoms with Gasteiger partial charge < -0.3 is 18.8 Å². The summed E-state index contributed by atoms with van der Waals surface area (Å²) in [5.41, 5.74) is 2.08. The van der Waals surface area contributed by atoms with Crippen LogP contribution in [0.5, 0.6) is 0 Å². The average Bonchev–Trinajstić information content (AvgIpc) is 3.45. The molecule has 5 heterocycles. The quantitative estimate of drug-likeness (QED) is 0.700. The van der Waals surface area contributed by atoms with E-state index in [0.29, 0.717) is 24.8 Å². The molecule has 3 aromatic rings. The van der Waals surface area contributed by atoms with Gasteiger partial charge in [-0.3, -0.25) is 4.79 Å². The first-order chi connectivity index (χ1) is 13.6. The van der Waals surface area contributed by atoms with Gasteiger partial charge in [0.1, 0.15) is 5.54 Å². The molecule has 0 aromatic carbocycles. The second kappa shape index (κ2) is 6.26. The highest BCUT2D eigenvalue weighted by Gasteiger charge is 2.51. The second-order valence-corrected chi connectivity index (χ2v) is 8.10. The lowest BCUT2D eigenvalue weighted by atomic mass is 9.88. The van der Waals surface area contributed by atoms with E-state index in [4.69, 9.17) is 4.42 Å². The fourth-order valence-electron chi connectivity index (χ4n) is 4.69. The minimum absolute atomic E-state index is 0.0403. The fraction of sp³-hybridized carbons (Fsp3) is 0.364. The minimum atomic E-state index is -0.258. The number of aromatic nitrogens is 2. The molecule has 1 fully saturated rings. The van der Waals surface area contributed by atoms with Crippen LogP contribution in [0.4, 0.5) is 5.69 Å². The minimum Gasteiger partial charge on any atom is -0.459 e. The summed E-state index contributed by atoms with van der Waals surface area (Å²) < 4.78 is 7.55. The Morgan fingerprint density at radius 2 is 2.14 bits per heavy atom. The van der Waals surface area contributed by atoms with E-state index < -0.39 is 0 Å². The lowest BCUT2D eigenvalue weighted by molar-refractivity contribution is 0.0750. The number of hydrogen-bond donors (Lipinski definition) is 0. The van der Waals surface area contributed by atoms with Crippen LogP contribution in [0, 0.1) is 5.92 Å². The van der Waals surface area contributed by atoms with Gasteiger partial charge >= 0.3 is 0 Å². The van der Waals surface area contributed by atoms with E-state index in [1.54, 1.807) is 18.4 Å². The van der Waals surface area contributed by atoms with Gasteiger partial charge in [0.2, 0.25) is 0 Å². The van der Waals surface area contributed by atoms with Crippen molar-refractivity contribution >= 4 is 11.6 Å². The maximum Gasteiger partial charge on any atom is 0.289 e. The predicted molar refractivity (Wildman–Crippen MR) is 107 cm³/mol. The number of rotatable bonds is 3. The number of amides is 1. The molecule has 2 aliphatic rings. The highest BCUT2D eigenvalue weighted by molar-refractivity contribution is 5.92. The molecule has 1 amide bonds. The lowest BCUT2D eigenvalue weighted by Gasteiger charge is -2.47. The largest absolute Gasteiger partial charge is 0.459 e. The highest BCUT2D eigenvalue weighted by atomic mass is 16.3. The van der Waals surface area contributed by atoms with Gasteiger partial charge in [-0.25, -0.2) is 4.98 Å². The zero-order chi connectivity index (χ0) is 19.3. The van der Waals surface area contributed by atoms with Crippen LogP contribution in [-0.4, -0.2) is 40.0 Å². The average molecular weight is 376 g/mol. The first-order valence-corrected chi connectivity index (χ1v) is 9.84. The Kier molecular flexibility index (Phi) is 3.82. The Morgan fingerprint density at radius 3 is 2.93 bits per heavy atom. The van der Waals surface area contributed by atoms with Gasteiger partial charge in [0.15, 0.2) is 11.6 Å². The van der Waals surface area contributed by atoms with Gasteiger partial charge in [0.05, 0.1) is 24.2 Å². The Bertz CT molecular complexity index is 1010. The van der Waals surface area contributed by atoms with E-state index in [-0.39, 0.29) is 11.4 Å². The predicted octanol–water partition coefficient (Wildman–Crippen LogP) is 3.68. The van der Waals surface area contributed by atoms with Crippen molar-refractivity contribution in [3.63, 3.8) is 0 Å². The van der Waals surface area contributed by atoms with E-state index in [9.17, 15) is 4.79 Å². The van der Waals surface area contributed by atoms with Crippen molar-refractivity contribution in [1.29, 1.82) is 0 Å². The number of nitrogens with zero attached hydrogens (tertiary/aromatic N) is 4. The molecule has 5 rings (SSSR count). The molecular weight excluding hydrogens is 352 g/mol. The van der Waals surface area contributed by atoms with Crippen molar-refractivity contribution in [2.75, 3.05) is 24.5 Å². The Hall–Kier alpha value is -3.02. The monoisotopic (exact) mass is 376 g/mol. The third-order valence-electron chi connectivity index (χ3n) is 5.84. The van der Waals surface area contributed by atoms with Gasteiger partial charge in [-0.15, -0.1) is 0 Å². The molecular formula is C22H24N4O2. The van der Waals surface area contributed by atoms with Crippen LogP contribution < -0.4 is 4.90 Å². The number of furan rings is 1. The summed E-state index contributed by atoms with van der Waals surface area (Å²) in [7, 11) is 0. The fourth-order valence-corrected chi connectivity index (χ4v) is 4.69. The van der Waals surface area contributed by atoms with E-state index in [1.807, 2.05) is 17.2 Å². The summed E-state index contributed by atoms with van der Waals surface area (Å²) in [6.07, 6.45) is 6.35. The molecule has 6 heteroatoms. The zero-order valence-electron chi connectivity index (χ0n) is 16.2. The SMILES string of the molecule is CC(C)CN1c2cccnc2-n2cccc2[C@@]12CCN(C(=O)c1ccco1)C2. The first kappa shape index (κ1) is 17.1. The number of carbonyl (C=O) groups excluding carboxylic acids is 1. The summed E-state index contributed by atoms with van der Waals surface area (Å²) in [5, 5.41) is 0. The van der Waals surface area contributed by atoms with Crippen LogP contribution in [-0.2, 0) is 5.54 Å². The molecule has 1 saturated heterocycles. The summed E-state index contributed by atoms with van der Waals surface area (Å²) in [5.74, 6) is 1.81. The van der Waals surface area contributed by atoms with Crippen molar-refractivity contribution in [1.82, 2.24) is 14.5 Å². The summed E-state index contributed by atoms with van der Waals surface area (Å²) in [6, 6.07) is 11.9. The van der Waals surface area contributed by atoms with Crippen LogP contribution in [0.15, 0.2) is 59.5 Å². The van der Waals surface area contributed by atoms with E-state index in [2.05, 4.69) is 52.7 Å². The molecule has 0 saturated carbocycles. The third kappa shape index (κ3) is 2.40. The van der Waals surface area contributed by atoms with E-state index >= 15 is 0 Å². The second-order valence-electron chi connectivity index (χ2n) is 8.10. The van der Waals surface area contributed by atoms with Crippen LogP contribution in [0.2, 0.25) is 0 Å². The maximum atomic E-state index is 13.0. The van der Waals surface area contributed by atoms with E-state index in [1.165, 1.54) is 5.69 Å². The Balaban J connectivity index is 1.60. The van der Waals surface area contributed by atoms with Crippen molar-refractivity contribution in [3.8, 4) is 5.82 Å². The molecule has 3 aromatic heterocycles. The van der Waals surface area contributed by atoms with Crippen molar-refractivity contribution in [3.05, 3.63) is 66.5 Å². The molecule has 0 radical (unpaired) electrons. The highest BCUT2D eigenvalue weighted by Crippen LogP contribution is 2.47. The summed E-state index contributed by atoms with van der Waals surface area (Å²) >= 11 is 0. The number of carbonyl (C=O) groups is 1. The molecule has 0 aliphatic carbocycles. The normalized spacial score (nSPS) is 20.7. The maximum absolute atomic E-state index is 13.0. The third-order valence-corrected chi connectivity index (χ3v) is 5.84. The summed E-state index contributed by atoms with van der Waals surface area (Å²) in [6.45, 7) is 6.72. The smallest absolute Gasteiger partial charge is 0.289 e. The summed E-state index contributed by atoms with van der Waals surface area (Å²) in [4.78, 5) is 22.0. The van der Waals surface area contributed by atoms with Crippen LogP contribution in [0.3, 0.4) is 0 Å². The number of hydrogen-bond acceptors (Lipinski definition) is 4. The molecule has 1 atom stereocenters. The standard InChI is InChI=1S/C22H24N4O2/c1-16(2)14-26-17-6-3-10-23-20(17)25-11-4-8-19(25)22(26)9-12-24(15-22)21(27)18-7-5-13-28-18/h3-8,10-11,13,16H,9,12,14-15H2,1-2H3/t22-/m0/s1. The molecule has 2 aliphatic heterocycles. The Labute approximate surface area is 164 Å². The number of anilines is 1. The number of likely N-dealkylation sites (tertiary alicyclic amines) is 1. The van der Waals surface area contributed by atoms with Crippen LogP contribution >= 0.6 is 0 Å². The molecule has 0 unspecified atom stereocenters. The van der Waals surface area contributed by atoms with Crippen LogP contribution in [0.25, 0.3) is 5.82 Å². The van der Waals surface area contributed by atoms with Gasteiger partial charge in [-0.2, -0.15) is 0 Å². The van der Waals surface area contributed by atoms with Gasteiger partial charge in [0.25, 0.3) is 5.91 Å². The van der Waals surface area contributed by atoms with Gasteiger partial charge in [0, 0.05) is 25.5 Å². The molecule has 1 spiro atoms. The van der Waals surface area contributed by atoms with E-state index in [0.717, 1.165) is 24.5 Å². The van der Waals surface area contributed by atoms with Crippen molar-refractivity contribution < 1.29 is 9.21 Å². The lowest BCUT2D eigenvalue weighted by Crippen LogP contribution is -2.54. The molecule has 144 valence electrons.